The maximum absolute atomic E-state index is 13.6. The molecule has 0 radical (unpaired) electrons. The van der Waals surface area contributed by atoms with Crippen molar-refractivity contribution in [2.24, 2.45) is 0 Å². The van der Waals surface area contributed by atoms with Crippen molar-refractivity contribution in [3.05, 3.63) is 64.8 Å². The number of ether oxygens (including phenoxy) is 1. The third-order valence-corrected chi connectivity index (χ3v) is 5.88. The zero-order valence-corrected chi connectivity index (χ0v) is 18.0. The molecule has 1 saturated heterocycles. The van der Waals surface area contributed by atoms with Crippen molar-refractivity contribution in [3.8, 4) is 5.75 Å². The minimum Gasteiger partial charge on any atom is -0.495 e. The predicted molar refractivity (Wildman–Crippen MR) is 119 cm³/mol. The highest BCUT2D eigenvalue weighted by atomic mass is 35.5. The summed E-state index contributed by atoms with van der Waals surface area (Å²) in [5.74, 6) is -0.298. The van der Waals surface area contributed by atoms with Gasteiger partial charge in [-0.2, -0.15) is 0 Å². The van der Waals surface area contributed by atoms with E-state index in [4.69, 9.17) is 16.3 Å². The Balaban J connectivity index is 1.76. The van der Waals surface area contributed by atoms with Crippen molar-refractivity contribution >= 4 is 34.7 Å². The van der Waals surface area contributed by atoms with E-state index in [2.05, 4.69) is 4.90 Å². The van der Waals surface area contributed by atoms with Gasteiger partial charge in [-0.25, -0.2) is 4.90 Å². The minimum absolute atomic E-state index is 0.0950. The molecule has 2 heterocycles. The molecule has 7 nitrogen and oxygen atoms in total. The van der Waals surface area contributed by atoms with E-state index in [0.29, 0.717) is 66.0 Å². The number of halogens is 1. The van der Waals surface area contributed by atoms with Crippen LogP contribution < -0.4 is 9.64 Å². The molecule has 0 unspecified atom stereocenters. The molecule has 1 N–H and O–H groups in total. The number of methoxy groups -OCH3 is 1. The Hall–Kier alpha value is -2.87. The summed E-state index contributed by atoms with van der Waals surface area (Å²) in [7, 11) is 1.51. The van der Waals surface area contributed by atoms with Gasteiger partial charge in [-0.1, -0.05) is 35.9 Å². The molecule has 2 aliphatic rings. The van der Waals surface area contributed by atoms with Gasteiger partial charge in [-0.15, -0.1) is 0 Å². The number of hydrogen-bond donors (Lipinski definition) is 1. The molecular formula is C23H24ClN3O4. The molecule has 0 spiro atoms. The monoisotopic (exact) mass is 441 g/mol. The number of para-hydroxylation sites is 2. The van der Waals surface area contributed by atoms with Crippen LogP contribution in [0.25, 0.3) is 5.57 Å². The fraction of sp³-hybridized carbons (Fsp3) is 0.304. The maximum atomic E-state index is 13.6. The molecule has 0 aliphatic carbocycles. The number of nitrogens with zero attached hydrogens (tertiary/aromatic N) is 3. The third-order valence-electron chi connectivity index (χ3n) is 5.62. The van der Waals surface area contributed by atoms with Crippen molar-refractivity contribution in [2.75, 3.05) is 51.3 Å². The van der Waals surface area contributed by atoms with Gasteiger partial charge in [-0.05, 0) is 29.8 Å². The topological polar surface area (TPSA) is 73.3 Å². The van der Waals surface area contributed by atoms with E-state index in [1.54, 1.807) is 48.5 Å². The number of β-amino-alcohol motifs (C(OH)–C–C–N with tert-alkyl or cyclic N) is 1. The van der Waals surface area contributed by atoms with Crippen LogP contribution in [0.1, 0.15) is 5.56 Å². The van der Waals surface area contributed by atoms with Crippen LogP contribution in [0.4, 0.5) is 5.69 Å². The minimum atomic E-state index is -0.385. The summed E-state index contributed by atoms with van der Waals surface area (Å²) in [5.41, 5.74) is 1.82. The lowest BCUT2D eigenvalue weighted by Gasteiger charge is -2.36. The molecule has 8 heteroatoms. The van der Waals surface area contributed by atoms with Gasteiger partial charge >= 0.3 is 0 Å². The van der Waals surface area contributed by atoms with Crippen LogP contribution in [0.3, 0.4) is 0 Å². The number of benzene rings is 2. The fourth-order valence-electron chi connectivity index (χ4n) is 4.06. The zero-order chi connectivity index (χ0) is 22.0. The first-order valence-corrected chi connectivity index (χ1v) is 10.5. The molecule has 0 bridgehead atoms. The number of amides is 2. The third kappa shape index (κ3) is 4.04. The Morgan fingerprint density at radius 1 is 0.968 bits per heavy atom. The molecule has 0 saturated carbocycles. The SMILES string of the molecule is COc1ccccc1N1C(=O)C(c2ccc(Cl)cc2)=C(N2CCN(CCO)CC2)C1=O. The van der Waals surface area contributed by atoms with E-state index in [9.17, 15) is 14.7 Å². The first-order chi connectivity index (χ1) is 15.0. The van der Waals surface area contributed by atoms with Crippen LogP contribution in [0.5, 0.6) is 5.75 Å². The number of carbonyl (C=O) groups excluding carboxylic acids is 2. The summed E-state index contributed by atoms with van der Waals surface area (Å²) in [6, 6.07) is 13.9. The number of rotatable bonds is 6. The summed E-state index contributed by atoms with van der Waals surface area (Å²) in [6.45, 7) is 3.27. The van der Waals surface area contributed by atoms with Crippen LogP contribution in [0.15, 0.2) is 54.2 Å². The van der Waals surface area contributed by atoms with E-state index < -0.39 is 0 Å². The van der Waals surface area contributed by atoms with E-state index in [1.807, 2.05) is 4.90 Å². The Morgan fingerprint density at radius 3 is 2.29 bits per heavy atom. The molecular weight excluding hydrogens is 418 g/mol. The molecule has 1 fully saturated rings. The highest BCUT2D eigenvalue weighted by Gasteiger charge is 2.43. The average molecular weight is 442 g/mol. The fourth-order valence-corrected chi connectivity index (χ4v) is 4.18. The van der Waals surface area contributed by atoms with Crippen molar-refractivity contribution in [2.45, 2.75) is 0 Å². The van der Waals surface area contributed by atoms with Gasteiger partial charge in [0.1, 0.15) is 11.4 Å². The van der Waals surface area contributed by atoms with Crippen LogP contribution in [-0.4, -0.2) is 73.2 Å². The number of aliphatic hydroxyl groups is 1. The Labute approximate surface area is 186 Å². The Bertz CT molecular complexity index is 1010. The standard InChI is InChI=1S/C23H24ClN3O4/c1-31-19-5-3-2-4-18(19)27-22(29)20(16-6-8-17(24)9-7-16)21(23(27)30)26-12-10-25(11-13-26)14-15-28/h2-9,28H,10-15H2,1H3. The van der Waals surface area contributed by atoms with Crippen LogP contribution >= 0.6 is 11.6 Å². The van der Waals surface area contributed by atoms with E-state index in [1.165, 1.54) is 12.0 Å². The normalized spacial score (nSPS) is 17.6. The van der Waals surface area contributed by atoms with Crippen molar-refractivity contribution in [3.63, 3.8) is 0 Å². The second-order valence-corrected chi connectivity index (χ2v) is 7.84. The van der Waals surface area contributed by atoms with Gasteiger partial charge in [0, 0.05) is 37.7 Å². The number of piperazine rings is 1. The lowest BCUT2D eigenvalue weighted by atomic mass is 10.0. The molecule has 0 aromatic heterocycles. The Kier molecular flexibility index (Phi) is 6.27. The largest absolute Gasteiger partial charge is 0.495 e. The number of hydrogen-bond acceptors (Lipinski definition) is 6. The molecule has 0 atom stereocenters. The van der Waals surface area contributed by atoms with E-state index in [0.717, 1.165) is 0 Å². The summed E-state index contributed by atoms with van der Waals surface area (Å²) in [6.07, 6.45) is 0. The van der Waals surface area contributed by atoms with Gasteiger partial charge < -0.3 is 14.7 Å². The molecule has 4 rings (SSSR count). The summed E-state index contributed by atoms with van der Waals surface area (Å²) < 4.78 is 5.41. The van der Waals surface area contributed by atoms with E-state index in [-0.39, 0.29) is 18.4 Å². The Morgan fingerprint density at radius 2 is 1.65 bits per heavy atom. The average Bonchev–Trinajstić information content (AvgIpc) is 3.05. The summed E-state index contributed by atoms with van der Waals surface area (Å²) in [4.78, 5) is 32.5. The van der Waals surface area contributed by atoms with Crippen molar-refractivity contribution in [1.82, 2.24) is 9.80 Å². The molecule has 2 amide bonds. The smallest absolute Gasteiger partial charge is 0.282 e. The number of imide groups is 1. The first-order valence-electron chi connectivity index (χ1n) is 10.2. The number of carbonyl (C=O) groups is 2. The molecule has 162 valence electrons. The quantitative estimate of drug-likeness (QED) is 0.693. The van der Waals surface area contributed by atoms with Crippen molar-refractivity contribution in [1.29, 1.82) is 0 Å². The van der Waals surface area contributed by atoms with Crippen LogP contribution in [0.2, 0.25) is 5.02 Å². The van der Waals surface area contributed by atoms with Gasteiger partial charge in [0.05, 0.1) is 25.0 Å². The summed E-state index contributed by atoms with van der Waals surface area (Å²) >= 11 is 6.05. The first kappa shape index (κ1) is 21.4. The van der Waals surface area contributed by atoms with Gasteiger partial charge in [0.2, 0.25) is 0 Å². The highest BCUT2D eigenvalue weighted by molar-refractivity contribution is 6.45. The van der Waals surface area contributed by atoms with Crippen LogP contribution in [-0.2, 0) is 9.59 Å². The van der Waals surface area contributed by atoms with Gasteiger partial charge in [0.25, 0.3) is 11.8 Å². The zero-order valence-electron chi connectivity index (χ0n) is 17.3. The second kappa shape index (κ2) is 9.09. The molecule has 31 heavy (non-hydrogen) atoms. The van der Waals surface area contributed by atoms with E-state index >= 15 is 0 Å². The second-order valence-electron chi connectivity index (χ2n) is 7.40. The van der Waals surface area contributed by atoms with Gasteiger partial charge in [-0.3, -0.25) is 14.5 Å². The molecule has 2 aromatic carbocycles. The predicted octanol–water partition coefficient (Wildman–Crippen LogP) is 2.24. The van der Waals surface area contributed by atoms with Crippen molar-refractivity contribution < 1.29 is 19.4 Å². The highest BCUT2D eigenvalue weighted by Crippen LogP contribution is 2.38. The lowest BCUT2D eigenvalue weighted by Crippen LogP contribution is -2.48. The number of aliphatic hydroxyl groups excluding tert-OH is 1. The van der Waals surface area contributed by atoms with Crippen LogP contribution in [0, 0.1) is 0 Å². The summed E-state index contributed by atoms with van der Waals surface area (Å²) in [5, 5.41) is 9.76. The maximum Gasteiger partial charge on any atom is 0.282 e. The molecule has 2 aromatic rings. The molecule has 2 aliphatic heterocycles. The number of anilines is 1. The lowest BCUT2D eigenvalue weighted by molar-refractivity contribution is -0.120. The van der Waals surface area contributed by atoms with Gasteiger partial charge in [0.15, 0.2) is 0 Å².